The van der Waals surface area contributed by atoms with E-state index in [-0.39, 0.29) is 0 Å². The second-order valence-corrected chi connectivity index (χ2v) is 4.64. The Morgan fingerprint density at radius 3 is 2.83 bits per heavy atom. The zero-order valence-electron chi connectivity index (χ0n) is 11.2. The van der Waals surface area contributed by atoms with Crippen LogP contribution in [0.1, 0.15) is 26.0 Å². The van der Waals surface area contributed by atoms with Gasteiger partial charge < -0.3 is 14.3 Å². The van der Waals surface area contributed by atoms with Gasteiger partial charge in [0.25, 0.3) is 0 Å². The summed E-state index contributed by atoms with van der Waals surface area (Å²) in [6, 6.07) is 0. The molecule has 2 heterocycles. The first kappa shape index (κ1) is 13.3. The van der Waals surface area contributed by atoms with Gasteiger partial charge in [0.1, 0.15) is 5.52 Å². The molecule has 5 nitrogen and oxygen atoms in total. The molecule has 0 aliphatic heterocycles. The minimum atomic E-state index is 0.764. The zero-order valence-corrected chi connectivity index (χ0v) is 12.0. The summed E-state index contributed by atoms with van der Waals surface area (Å²) in [6.45, 7) is 6.50. The average molecular weight is 268 g/mol. The van der Waals surface area contributed by atoms with E-state index in [0.29, 0.717) is 0 Å². The van der Waals surface area contributed by atoms with Gasteiger partial charge >= 0.3 is 0 Å². The number of H-pyrrole nitrogens is 1. The van der Waals surface area contributed by atoms with Gasteiger partial charge in [0.05, 0.1) is 5.69 Å². The topological polar surface area (TPSA) is 47.8 Å². The zero-order chi connectivity index (χ0) is 13.1. The number of ether oxygens (including phenoxy) is 1. The molecule has 2 rings (SSSR count). The average Bonchev–Trinajstić information content (AvgIpc) is 2.83. The van der Waals surface area contributed by atoms with E-state index in [1.54, 1.807) is 0 Å². The van der Waals surface area contributed by atoms with Crippen LogP contribution in [0.2, 0.25) is 0 Å². The summed E-state index contributed by atoms with van der Waals surface area (Å²) in [7, 11) is 1.96. The molecular weight excluding hydrogens is 248 g/mol. The number of hydrogen-bond donors (Lipinski definition) is 1. The highest BCUT2D eigenvalue weighted by Gasteiger charge is 2.13. The van der Waals surface area contributed by atoms with Crippen LogP contribution in [-0.4, -0.2) is 32.5 Å². The maximum atomic E-state index is 5.38. The van der Waals surface area contributed by atoms with Gasteiger partial charge in [-0.25, -0.2) is 0 Å². The molecule has 0 radical (unpaired) electrons. The Morgan fingerprint density at radius 2 is 2.17 bits per heavy atom. The summed E-state index contributed by atoms with van der Waals surface area (Å²) < 4.78 is 10.1. The third kappa shape index (κ3) is 2.35. The fourth-order valence-corrected chi connectivity index (χ4v) is 2.48. The number of aromatic nitrogens is 4. The molecule has 0 spiro atoms. The fourth-order valence-electron chi connectivity index (χ4n) is 2.20. The summed E-state index contributed by atoms with van der Waals surface area (Å²) in [5.41, 5.74) is 3.22. The van der Waals surface area contributed by atoms with E-state index >= 15 is 0 Å². The SMILES string of the molecule is CCOCCCn1c(=S)[nH]c2c(CC)nn(C)c21. The highest BCUT2D eigenvalue weighted by molar-refractivity contribution is 7.71. The Kier molecular flexibility index (Phi) is 4.19. The number of imidazole rings is 1. The van der Waals surface area contributed by atoms with E-state index < -0.39 is 0 Å². The molecule has 0 aromatic carbocycles. The quantitative estimate of drug-likeness (QED) is 0.646. The lowest BCUT2D eigenvalue weighted by atomic mass is 10.3. The number of aromatic amines is 1. The van der Waals surface area contributed by atoms with E-state index in [4.69, 9.17) is 17.0 Å². The number of fused-ring (bicyclic) bond motifs is 1. The van der Waals surface area contributed by atoms with Gasteiger partial charge in [-0.3, -0.25) is 4.68 Å². The van der Waals surface area contributed by atoms with Crippen LogP contribution < -0.4 is 0 Å². The number of aryl methyl sites for hydroxylation is 3. The van der Waals surface area contributed by atoms with Gasteiger partial charge in [-0.05, 0) is 32.0 Å². The van der Waals surface area contributed by atoms with Crippen LogP contribution in [0, 0.1) is 4.77 Å². The second kappa shape index (κ2) is 5.67. The monoisotopic (exact) mass is 268 g/mol. The van der Waals surface area contributed by atoms with Gasteiger partial charge in [-0.2, -0.15) is 5.10 Å². The number of nitrogens with zero attached hydrogens (tertiary/aromatic N) is 3. The summed E-state index contributed by atoms with van der Waals surface area (Å²) in [5, 5.41) is 4.50. The van der Waals surface area contributed by atoms with E-state index in [2.05, 4.69) is 21.6 Å². The molecule has 2 aromatic heterocycles. The molecule has 0 bridgehead atoms. The number of hydrogen-bond acceptors (Lipinski definition) is 3. The molecule has 18 heavy (non-hydrogen) atoms. The molecule has 0 aliphatic rings. The minimum Gasteiger partial charge on any atom is -0.382 e. The lowest BCUT2D eigenvalue weighted by molar-refractivity contribution is 0.141. The Balaban J connectivity index is 2.29. The van der Waals surface area contributed by atoms with Crippen LogP contribution in [0.15, 0.2) is 0 Å². The third-order valence-corrected chi connectivity index (χ3v) is 3.35. The van der Waals surface area contributed by atoms with E-state index in [1.165, 1.54) is 0 Å². The van der Waals surface area contributed by atoms with Gasteiger partial charge in [0, 0.05) is 26.8 Å². The summed E-state index contributed by atoms with van der Waals surface area (Å²) in [5.74, 6) is 0. The predicted molar refractivity (Wildman–Crippen MR) is 74.4 cm³/mol. The van der Waals surface area contributed by atoms with Crippen molar-refractivity contribution in [3.8, 4) is 0 Å². The van der Waals surface area contributed by atoms with Crippen LogP contribution in [0.3, 0.4) is 0 Å². The van der Waals surface area contributed by atoms with Crippen molar-refractivity contribution in [1.82, 2.24) is 19.3 Å². The Hall–Kier alpha value is -1.14. The van der Waals surface area contributed by atoms with Crippen LogP contribution in [0.4, 0.5) is 0 Å². The highest BCUT2D eigenvalue weighted by Crippen LogP contribution is 2.18. The van der Waals surface area contributed by atoms with Crippen molar-refractivity contribution in [2.45, 2.75) is 33.2 Å². The highest BCUT2D eigenvalue weighted by atomic mass is 32.1. The lowest BCUT2D eigenvalue weighted by Gasteiger charge is -2.04. The van der Waals surface area contributed by atoms with E-state index in [1.807, 2.05) is 18.7 Å². The molecular formula is C12H20N4OS. The third-order valence-electron chi connectivity index (χ3n) is 3.03. The van der Waals surface area contributed by atoms with Gasteiger partial charge in [0.15, 0.2) is 10.4 Å². The standard InChI is InChI=1S/C12H20N4OS/c1-4-9-10-11(15(3)14-9)16(12(18)13-10)7-6-8-17-5-2/h4-8H2,1-3H3,(H,13,18). The molecule has 0 saturated heterocycles. The molecule has 0 atom stereocenters. The molecule has 0 aliphatic carbocycles. The van der Waals surface area contributed by atoms with Crippen molar-refractivity contribution in [3.05, 3.63) is 10.5 Å². The van der Waals surface area contributed by atoms with Crippen molar-refractivity contribution < 1.29 is 4.74 Å². The maximum Gasteiger partial charge on any atom is 0.179 e. The summed E-state index contributed by atoms with van der Waals surface area (Å²) in [4.78, 5) is 3.26. The molecule has 0 saturated carbocycles. The predicted octanol–water partition coefficient (Wildman–Crippen LogP) is 2.42. The molecule has 100 valence electrons. The number of nitrogens with one attached hydrogen (secondary N) is 1. The van der Waals surface area contributed by atoms with Crippen LogP contribution in [0.5, 0.6) is 0 Å². The molecule has 6 heteroatoms. The first-order valence-corrected chi connectivity index (χ1v) is 6.82. The molecule has 0 unspecified atom stereocenters. The Bertz CT molecular complexity index is 581. The molecule has 1 N–H and O–H groups in total. The van der Waals surface area contributed by atoms with Gasteiger partial charge in [-0.15, -0.1) is 0 Å². The van der Waals surface area contributed by atoms with Crippen LogP contribution in [0.25, 0.3) is 11.2 Å². The Labute approximate surface area is 112 Å². The first-order chi connectivity index (χ1) is 8.69. The maximum absolute atomic E-state index is 5.38. The van der Waals surface area contributed by atoms with Gasteiger partial charge in [0.2, 0.25) is 0 Å². The van der Waals surface area contributed by atoms with Gasteiger partial charge in [-0.1, -0.05) is 6.92 Å². The lowest BCUT2D eigenvalue weighted by Crippen LogP contribution is -2.06. The second-order valence-electron chi connectivity index (χ2n) is 4.25. The Morgan fingerprint density at radius 1 is 1.39 bits per heavy atom. The molecule has 2 aromatic rings. The van der Waals surface area contributed by atoms with Crippen molar-refractivity contribution in [2.24, 2.45) is 7.05 Å². The van der Waals surface area contributed by atoms with Crippen LogP contribution >= 0.6 is 12.2 Å². The van der Waals surface area contributed by atoms with Crippen molar-refractivity contribution in [2.75, 3.05) is 13.2 Å². The van der Waals surface area contributed by atoms with Crippen molar-refractivity contribution in [1.29, 1.82) is 0 Å². The first-order valence-electron chi connectivity index (χ1n) is 6.41. The smallest absolute Gasteiger partial charge is 0.179 e. The molecule has 0 fully saturated rings. The van der Waals surface area contributed by atoms with Crippen molar-refractivity contribution in [3.63, 3.8) is 0 Å². The number of rotatable bonds is 6. The normalized spacial score (nSPS) is 11.5. The fraction of sp³-hybridized carbons (Fsp3) is 0.667. The molecule has 0 amide bonds. The van der Waals surface area contributed by atoms with E-state index in [0.717, 1.165) is 54.2 Å². The largest absolute Gasteiger partial charge is 0.382 e. The van der Waals surface area contributed by atoms with E-state index in [9.17, 15) is 0 Å². The summed E-state index contributed by atoms with van der Waals surface area (Å²) >= 11 is 5.38. The van der Waals surface area contributed by atoms with Crippen molar-refractivity contribution >= 4 is 23.4 Å². The van der Waals surface area contributed by atoms with Crippen LogP contribution in [-0.2, 0) is 24.8 Å². The summed E-state index contributed by atoms with van der Waals surface area (Å²) in [6.07, 6.45) is 1.87. The minimum absolute atomic E-state index is 0.764.